The summed E-state index contributed by atoms with van der Waals surface area (Å²) in [6.45, 7) is 2.84. The van der Waals surface area contributed by atoms with Gasteiger partial charge in [0, 0.05) is 36.3 Å². The van der Waals surface area contributed by atoms with E-state index < -0.39 is 12.1 Å². The first-order valence-electron chi connectivity index (χ1n) is 8.28. The lowest BCUT2D eigenvalue weighted by atomic mass is 10.0. The number of carbonyl (C=O) groups is 2. The van der Waals surface area contributed by atoms with E-state index in [9.17, 15) is 22.8 Å². The molecule has 0 spiro atoms. The van der Waals surface area contributed by atoms with Gasteiger partial charge in [-0.3, -0.25) is 14.7 Å². The Morgan fingerprint density at radius 2 is 2.00 bits per heavy atom. The van der Waals surface area contributed by atoms with Crippen LogP contribution in [0.25, 0.3) is 0 Å². The smallest absolute Gasteiger partial charge is 0.406 e. The Labute approximate surface area is 152 Å². The Morgan fingerprint density at radius 3 is 2.63 bits per heavy atom. The zero-order valence-electron chi connectivity index (χ0n) is 14.4. The van der Waals surface area contributed by atoms with Gasteiger partial charge in [0.2, 0.25) is 0 Å². The lowest BCUT2D eigenvalue weighted by molar-refractivity contribution is -0.274. The number of nitrogens with one attached hydrogen (secondary N) is 2. The van der Waals surface area contributed by atoms with E-state index in [1.165, 1.54) is 17.0 Å². The van der Waals surface area contributed by atoms with Crippen molar-refractivity contribution in [1.82, 2.24) is 20.4 Å². The van der Waals surface area contributed by atoms with Gasteiger partial charge in [-0.25, -0.2) is 0 Å². The van der Waals surface area contributed by atoms with Crippen molar-refractivity contribution >= 4 is 11.8 Å². The molecule has 0 radical (unpaired) electrons. The average molecular weight is 382 g/mol. The normalized spacial score (nSPS) is 13.9. The quantitative estimate of drug-likeness (QED) is 0.849. The molecule has 1 aromatic heterocycles. The minimum atomic E-state index is -4.79. The second-order valence-corrected chi connectivity index (χ2v) is 5.94. The molecule has 2 N–H and O–H groups in total. The third-order valence-electron chi connectivity index (χ3n) is 4.11. The van der Waals surface area contributed by atoms with Crippen molar-refractivity contribution in [2.24, 2.45) is 0 Å². The second kappa shape index (κ2) is 7.29. The van der Waals surface area contributed by atoms with Gasteiger partial charge < -0.3 is 15.0 Å². The van der Waals surface area contributed by atoms with Gasteiger partial charge in [-0.05, 0) is 31.2 Å². The van der Waals surface area contributed by atoms with Gasteiger partial charge in [0.05, 0.1) is 6.54 Å². The van der Waals surface area contributed by atoms with Gasteiger partial charge in [0.1, 0.15) is 5.75 Å². The number of H-pyrrole nitrogens is 1. The Morgan fingerprint density at radius 1 is 1.30 bits per heavy atom. The van der Waals surface area contributed by atoms with Crippen LogP contribution in [-0.4, -0.2) is 46.4 Å². The van der Waals surface area contributed by atoms with Crippen LogP contribution in [0.3, 0.4) is 0 Å². The summed E-state index contributed by atoms with van der Waals surface area (Å²) in [5.41, 5.74) is 1.93. The highest BCUT2D eigenvalue weighted by Gasteiger charge is 2.31. The fourth-order valence-electron chi connectivity index (χ4n) is 2.88. The van der Waals surface area contributed by atoms with Gasteiger partial charge in [0.15, 0.2) is 5.69 Å². The van der Waals surface area contributed by atoms with E-state index in [4.69, 9.17) is 0 Å². The predicted molar refractivity (Wildman–Crippen MR) is 88.2 cm³/mol. The number of nitrogens with zero attached hydrogens (tertiary/aromatic N) is 2. The predicted octanol–water partition coefficient (Wildman–Crippen LogP) is 2.26. The number of alkyl halides is 3. The third-order valence-corrected chi connectivity index (χ3v) is 4.11. The zero-order valence-corrected chi connectivity index (χ0v) is 14.4. The van der Waals surface area contributed by atoms with E-state index in [2.05, 4.69) is 20.3 Å². The molecule has 144 valence electrons. The minimum absolute atomic E-state index is 0.192. The van der Waals surface area contributed by atoms with Crippen LogP contribution in [-0.2, 0) is 13.0 Å². The van der Waals surface area contributed by atoms with Crippen molar-refractivity contribution in [3.8, 4) is 5.75 Å². The van der Waals surface area contributed by atoms with Crippen molar-refractivity contribution in [2.45, 2.75) is 26.3 Å². The first-order valence-corrected chi connectivity index (χ1v) is 8.28. The van der Waals surface area contributed by atoms with E-state index in [0.717, 1.165) is 17.8 Å². The molecule has 0 aliphatic carbocycles. The summed E-state index contributed by atoms with van der Waals surface area (Å²) in [5, 5.41) is 9.52. The van der Waals surface area contributed by atoms with E-state index in [1.54, 1.807) is 6.92 Å². The monoisotopic (exact) mass is 382 g/mol. The van der Waals surface area contributed by atoms with Crippen molar-refractivity contribution in [2.75, 3.05) is 13.1 Å². The molecule has 0 saturated heterocycles. The fourth-order valence-corrected chi connectivity index (χ4v) is 2.88. The number of aromatic nitrogens is 2. The zero-order chi connectivity index (χ0) is 19.6. The highest BCUT2D eigenvalue weighted by atomic mass is 19.4. The lowest BCUT2D eigenvalue weighted by Gasteiger charge is -2.27. The largest absolute Gasteiger partial charge is 0.573 e. The van der Waals surface area contributed by atoms with Crippen LogP contribution in [0.15, 0.2) is 24.3 Å². The number of hydrogen-bond acceptors (Lipinski definition) is 4. The molecule has 1 aliphatic heterocycles. The molecule has 1 aliphatic rings. The van der Waals surface area contributed by atoms with E-state index in [-0.39, 0.29) is 29.6 Å². The van der Waals surface area contributed by atoms with Crippen LogP contribution in [0, 0.1) is 0 Å². The number of ether oxygens (including phenoxy) is 1. The summed E-state index contributed by atoms with van der Waals surface area (Å²) in [6.07, 6.45) is -4.28. The number of amides is 2. The SMILES string of the molecule is CCNC(=O)c1n[nH]c2c1CN(C(=O)c1ccc(OC(F)(F)F)cc1)CC2. The van der Waals surface area contributed by atoms with Gasteiger partial charge in [0.25, 0.3) is 11.8 Å². The maximum Gasteiger partial charge on any atom is 0.573 e. The van der Waals surface area contributed by atoms with Crippen LogP contribution < -0.4 is 10.1 Å². The molecular formula is C17H17F3N4O3. The first kappa shape index (κ1) is 18.7. The molecule has 3 rings (SSSR count). The maximum atomic E-state index is 12.7. The summed E-state index contributed by atoms with van der Waals surface area (Å²) in [7, 11) is 0. The van der Waals surface area contributed by atoms with E-state index in [0.29, 0.717) is 25.1 Å². The van der Waals surface area contributed by atoms with Gasteiger partial charge in [-0.1, -0.05) is 0 Å². The maximum absolute atomic E-state index is 12.7. The fraction of sp³-hybridized carbons (Fsp3) is 0.353. The van der Waals surface area contributed by atoms with Crippen LogP contribution in [0.4, 0.5) is 13.2 Å². The van der Waals surface area contributed by atoms with Gasteiger partial charge in [-0.15, -0.1) is 13.2 Å². The molecule has 0 fully saturated rings. The standard InChI is InChI=1S/C17H17F3N4O3/c1-2-21-15(25)14-12-9-24(8-7-13(12)22-23-14)16(26)10-3-5-11(6-4-10)27-17(18,19)20/h3-6H,2,7-9H2,1H3,(H,21,25)(H,22,23). The molecular weight excluding hydrogens is 365 g/mol. The summed E-state index contributed by atoms with van der Waals surface area (Å²) < 4.78 is 40.5. The number of rotatable bonds is 4. The molecule has 2 aromatic rings. The number of halogens is 3. The first-order chi connectivity index (χ1) is 12.8. The second-order valence-electron chi connectivity index (χ2n) is 5.94. The van der Waals surface area contributed by atoms with Gasteiger partial charge in [-0.2, -0.15) is 5.10 Å². The van der Waals surface area contributed by atoms with Crippen molar-refractivity contribution < 1.29 is 27.5 Å². The van der Waals surface area contributed by atoms with Crippen LogP contribution >= 0.6 is 0 Å². The molecule has 0 bridgehead atoms. The molecule has 2 amide bonds. The molecule has 0 atom stereocenters. The van der Waals surface area contributed by atoms with Crippen LogP contribution in [0.2, 0.25) is 0 Å². The number of fused-ring (bicyclic) bond motifs is 1. The molecule has 2 heterocycles. The Kier molecular flexibility index (Phi) is 5.06. The minimum Gasteiger partial charge on any atom is -0.406 e. The van der Waals surface area contributed by atoms with E-state index >= 15 is 0 Å². The molecule has 0 unspecified atom stereocenters. The molecule has 1 aromatic carbocycles. The summed E-state index contributed by atoms with van der Waals surface area (Å²) in [6, 6.07) is 4.74. The topological polar surface area (TPSA) is 87.3 Å². The summed E-state index contributed by atoms with van der Waals surface area (Å²) in [4.78, 5) is 26.3. The van der Waals surface area contributed by atoms with Crippen molar-refractivity contribution in [3.05, 3.63) is 46.8 Å². The third kappa shape index (κ3) is 4.21. The number of carbonyl (C=O) groups excluding carboxylic acids is 2. The van der Waals surface area contributed by atoms with Crippen molar-refractivity contribution in [3.63, 3.8) is 0 Å². The summed E-state index contributed by atoms with van der Waals surface area (Å²) >= 11 is 0. The van der Waals surface area contributed by atoms with Crippen molar-refractivity contribution in [1.29, 1.82) is 0 Å². The molecule has 0 saturated carbocycles. The summed E-state index contributed by atoms with van der Waals surface area (Å²) in [5.74, 6) is -1.06. The average Bonchev–Trinajstić information content (AvgIpc) is 3.04. The molecule has 27 heavy (non-hydrogen) atoms. The lowest BCUT2D eigenvalue weighted by Crippen LogP contribution is -2.37. The molecule has 7 nitrogen and oxygen atoms in total. The Balaban J connectivity index is 1.74. The van der Waals surface area contributed by atoms with Crippen LogP contribution in [0.5, 0.6) is 5.75 Å². The number of benzene rings is 1. The molecule has 10 heteroatoms. The number of aromatic amines is 1. The number of hydrogen-bond donors (Lipinski definition) is 2. The van der Waals surface area contributed by atoms with Gasteiger partial charge >= 0.3 is 6.36 Å². The Hall–Kier alpha value is -3.04. The highest BCUT2D eigenvalue weighted by Crippen LogP contribution is 2.25. The Bertz CT molecular complexity index is 846. The van der Waals surface area contributed by atoms with E-state index in [1.807, 2.05) is 0 Å². The van der Waals surface area contributed by atoms with Crippen LogP contribution in [0.1, 0.15) is 39.0 Å². The highest BCUT2D eigenvalue weighted by molar-refractivity contribution is 5.96.